The molecule has 0 fully saturated rings. The van der Waals surface area contributed by atoms with Gasteiger partial charge in [-0.1, -0.05) is 13.8 Å². The van der Waals surface area contributed by atoms with Crippen LogP contribution >= 0.6 is 0 Å². The minimum atomic E-state index is -0.479. The summed E-state index contributed by atoms with van der Waals surface area (Å²) in [7, 11) is 0. The van der Waals surface area contributed by atoms with E-state index in [0.29, 0.717) is 31.2 Å². The molecule has 118 valence electrons. The Balaban J connectivity index is 2.60. The molecule has 0 heterocycles. The van der Waals surface area contributed by atoms with E-state index in [1.165, 1.54) is 12.1 Å². The zero-order valence-electron chi connectivity index (χ0n) is 13.0. The normalized spacial score (nSPS) is 12.3. The SMILES string of the molecule is CCOc1ccc(NC(=O)C[C@@H](CN)CC(C)C)cc1F. The largest absolute Gasteiger partial charge is 0.491 e. The number of benzene rings is 1. The van der Waals surface area contributed by atoms with Crippen LogP contribution in [0.15, 0.2) is 18.2 Å². The van der Waals surface area contributed by atoms with Gasteiger partial charge in [0.15, 0.2) is 11.6 Å². The van der Waals surface area contributed by atoms with Gasteiger partial charge in [-0.15, -0.1) is 0 Å². The molecule has 5 heteroatoms. The molecule has 0 unspecified atom stereocenters. The minimum absolute atomic E-state index is 0.144. The molecule has 1 amide bonds. The Labute approximate surface area is 125 Å². The van der Waals surface area contributed by atoms with E-state index in [1.54, 1.807) is 13.0 Å². The minimum Gasteiger partial charge on any atom is -0.491 e. The molecule has 1 atom stereocenters. The number of rotatable bonds is 8. The first-order valence-corrected chi connectivity index (χ1v) is 7.38. The molecule has 0 radical (unpaired) electrons. The summed E-state index contributed by atoms with van der Waals surface area (Å²) < 4.78 is 18.8. The van der Waals surface area contributed by atoms with Crippen molar-refractivity contribution in [3.63, 3.8) is 0 Å². The fourth-order valence-electron chi connectivity index (χ4n) is 2.25. The molecule has 0 bridgehead atoms. The lowest BCUT2D eigenvalue weighted by Crippen LogP contribution is -2.23. The van der Waals surface area contributed by atoms with E-state index in [9.17, 15) is 9.18 Å². The van der Waals surface area contributed by atoms with Gasteiger partial charge in [0.1, 0.15) is 0 Å². The summed E-state index contributed by atoms with van der Waals surface area (Å²) in [5.41, 5.74) is 6.12. The molecule has 1 aromatic rings. The fourth-order valence-corrected chi connectivity index (χ4v) is 2.25. The van der Waals surface area contributed by atoms with Crippen molar-refractivity contribution in [1.29, 1.82) is 0 Å². The van der Waals surface area contributed by atoms with Crippen LogP contribution in [0.2, 0.25) is 0 Å². The van der Waals surface area contributed by atoms with Gasteiger partial charge >= 0.3 is 0 Å². The Hall–Kier alpha value is -1.62. The molecule has 0 aliphatic rings. The van der Waals surface area contributed by atoms with Gasteiger partial charge in [-0.3, -0.25) is 4.79 Å². The van der Waals surface area contributed by atoms with Gasteiger partial charge in [0.05, 0.1) is 6.61 Å². The first kappa shape index (κ1) is 17.4. The average molecular weight is 296 g/mol. The van der Waals surface area contributed by atoms with Crippen LogP contribution in [0, 0.1) is 17.7 Å². The first-order valence-electron chi connectivity index (χ1n) is 7.38. The van der Waals surface area contributed by atoms with Gasteiger partial charge in [-0.25, -0.2) is 4.39 Å². The Morgan fingerprint density at radius 3 is 2.67 bits per heavy atom. The number of nitrogens with two attached hydrogens (primary N) is 1. The number of ether oxygens (including phenoxy) is 1. The molecular formula is C16H25FN2O2. The maximum absolute atomic E-state index is 13.7. The summed E-state index contributed by atoms with van der Waals surface area (Å²) in [6.07, 6.45) is 1.26. The molecule has 0 aliphatic heterocycles. The molecule has 0 spiro atoms. The van der Waals surface area contributed by atoms with Crippen LogP contribution in [0.4, 0.5) is 10.1 Å². The molecule has 0 saturated heterocycles. The van der Waals surface area contributed by atoms with E-state index in [4.69, 9.17) is 10.5 Å². The maximum Gasteiger partial charge on any atom is 0.224 e. The van der Waals surface area contributed by atoms with E-state index in [1.807, 2.05) is 0 Å². The monoisotopic (exact) mass is 296 g/mol. The Kier molecular flexibility index (Phi) is 7.15. The van der Waals surface area contributed by atoms with Crippen molar-refractivity contribution in [3.8, 4) is 5.75 Å². The van der Waals surface area contributed by atoms with Crippen molar-refractivity contribution in [2.45, 2.75) is 33.6 Å². The number of halogens is 1. The predicted molar refractivity (Wildman–Crippen MR) is 82.8 cm³/mol. The van der Waals surface area contributed by atoms with Gasteiger partial charge in [0.25, 0.3) is 0 Å². The maximum atomic E-state index is 13.7. The molecule has 21 heavy (non-hydrogen) atoms. The van der Waals surface area contributed by atoms with Gasteiger partial charge in [0, 0.05) is 18.2 Å². The highest BCUT2D eigenvalue weighted by molar-refractivity contribution is 5.90. The molecule has 3 N–H and O–H groups in total. The van der Waals surface area contributed by atoms with Crippen molar-refractivity contribution < 1.29 is 13.9 Å². The van der Waals surface area contributed by atoms with Crippen molar-refractivity contribution in [2.24, 2.45) is 17.6 Å². The standard InChI is InChI=1S/C16H25FN2O2/c1-4-21-15-6-5-13(9-14(15)17)19-16(20)8-12(10-18)7-11(2)3/h5-6,9,11-12H,4,7-8,10,18H2,1-3H3,(H,19,20)/t12-/m0/s1. The highest BCUT2D eigenvalue weighted by atomic mass is 19.1. The van der Waals surface area contributed by atoms with Crippen LogP contribution in [0.25, 0.3) is 0 Å². The molecule has 0 aliphatic carbocycles. The Morgan fingerprint density at radius 1 is 1.43 bits per heavy atom. The van der Waals surface area contributed by atoms with Crippen LogP contribution in [-0.4, -0.2) is 19.1 Å². The van der Waals surface area contributed by atoms with Crippen LogP contribution in [0.1, 0.15) is 33.6 Å². The second-order valence-corrected chi connectivity index (χ2v) is 5.56. The molecule has 0 saturated carbocycles. The van der Waals surface area contributed by atoms with E-state index < -0.39 is 5.82 Å². The highest BCUT2D eigenvalue weighted by Crippen LogP contribution is 2.22. The molecule has 1 rings (SSSR count). The lowest BCUT2D eigenvalue weighted by atomic mass is 9.94. The Bertz CT molecular complexity index is 464. The van der Waals surface area contributed by atoms with Crippen molar-refractivity contribution >= 4 is 11.6 Å². The fraction of sp³-hybridized carbons (Fsp3) is 0.562. The third-order valence-electron chi connectivity index (χ3n) is 3.13. The van der Waals surface area contributed by atoms with E-state index in [-0.39, 0.29) is 17.6 Å². The summed E-state index contributed by atoms with van der Waals surface area (Å²) >= 11 is 0. The predicted octanol–water partition coefficient (Wildman–Crippen LogP) is 3.17. The number of hydrogen-bond donors (Lipinski definition) is 2. The molecule has 1 aromatic carbocycles. The van der Waals surface area contributed by atoms with Gasteiger partial charge in [-0.05, 0) is 43.9 Å². The summed E-state index contributed by atoms with van der Waals surface area (Å²) in [6.45, 7) is 6.86. The quantitative estimate of drug-likeness (QED) is 0.774. The zero-order chi connectivity index (χ0) is 15.8. The van der Waals surface area contributed by atoms with Gasteiger partial charge in [-0.2, -0.15) is 0 Å². The van der Waals surface area contributed by atoms with Crippen molar-refractivity contribution in [2.75, 3.05) is 18.5 Å². The first-order chi connectivity index (χ1) is 9.96. The highest BCUT2D eigenvalue weighted by Gasteiger charge is 2.15. The lowest BCUT2D eigenvalue weighted by Gasteiger charge is -2.16. The topological polar surface area (TPSA) is 64.3 Å². The van der Waals surface area contributed by atoms with E-state index in [2.05, 4.69) is 19.2 Å². The van der Waals surface area contributed by atoms with Crippen LogP contribution in [-0.2, 0) is 4.79 Å². The van der Waals surface area contributed by atoms with Crippen molar-refractivity contribution in [1.82, 2.24) is 0 Å². The van der Waals surface area contributed by atoms with Gasteiger partial charge in [0.2, 0.25) is 5.91 Å². The number of nitrogens with one attached hydrogen (secondary N) is 1. The molecular weight excluding hydrogens is 271 g/mol. The van der Waals surface area contributed by atoms with Crippen molar-refractivity contribution in [3.05, 3.63) is 24.0 Å². The van der Waals surface area contributed by atoms with Crippen LogP contribution in [0.5, 0.6) is 5.75 Å². The summed E-state index contributed by atoms with van der Waals surface area (Å²) in [5, 5.41) is 2.70. The third-order valence-corrected chi connectivity index (χ3v) is 3.13. The van der Waals surface area contributed by atoms with E-state index >= 15 is 0 Å². The van der Waals surface area contributed by atoms with Crippen LogP contribution < -0.4 is 15.8 Å². The molecule has 4 nitrogen and oxygen atoms in total. The lowest BCUT2D eigenvalue weighted by molar-refractivity contribution is -0.117. The smallest absolute Gasteiger partial charge is 0.224 e. The average Bonchev–Trinajstić information content (AvgIpc) is 2.40. The van der Waals surface area contributed by atoms with Gasteiger partial charge < -0.3 is 15.8 Å². The Morgan fingerprint density at radius 2 is 2.14 bits per heavy atom. The second-order valence-electron chi connectivity index (χ2n) is 5.56. The second kappa shape index (κ2) is 8.62. The number of carbonyl (C=O) groups excluding carboxylic acids is 1. The summed E-state index contributed by atoms with van der Waals surface area (Å²) in [6, 6.07) is 4.41. The van der Waals surface area contributed by atoms with E-state index in [0.717, 1.165) is 6.42 Å². The number of carbonyl (C=O) groups is 1. The number of amides is 1. The number of hydrogen-bond acceptors (Lipinski definition) is 3. The molecule has 0 aromatic heterocycles. The number of anilines is 1. The summed E-state index contributed by atoms with van der Waals surface area (Å²) in [4.78, 5) is 12.0. The zero-order valence-corrected chi connectivity index (χ0v) is 13.0. The van der Waals surface area contributed by atoms with Crippen LogP contribution in [0.3, 0.4) is 0 Å². The summed E-state index contributed by atoms with van der Waals surface area (Å²) in [5.74, 6) is 0.212. The third kappa shape index (κ3) is 6.12.